The van der Waals surface area contributed by atoms with Crippen LogP contribution in [-0.2, 0) is 0 Å². The minimum absolute atomic E-state index is 0. The van der Waals surface area contributed by atoms with Crippen molar-refractivity contribution in [3.8, 4) is 0 Å². The van der Waals surface area contributed by atoms with E-state index < -0.39 is 6.23 Å². The number of rotatable bonds is 1. The molecule has 23 heavy (non-hydrogen) atoms. The molecular formula is C16H17N5O2. The molecule has 4 N–H and O–H groups in total. The SMILES string of the molecule is Cc1ccc([N+]2=NN3C(=CN(N)c4ccccc43)C2O)cc1.[OH-]. The van der Waals surface area contributed by atoms with Crippen LogP contribution in [0.4, 0.5) is 17.1 Å². The molecule has 0 aliphatic carbocycles. The fourth-order valence-corrected chi connectivity index (χ4v) is 2.70. The summed E-state index contributed by atoms with van der Waals surface area (Å²) in [6.07, 6.45) is 0.826. The van der Waals surface area contributed by atoms with E-state index in [0.29, 0.717) is 5.70 Å². The highest BCUT2D eigenvalue weighted by atomic mass is 16.3. The molecule has 0 bridgehead atoms. The van der Waals surface area contributed by atoms with Gasteiger partial charge in [0.2, 0.25) is 5.70 Å². The first-order chi connectivity index (χ1) is 10.6. The van der Waals surface area contributed by atoms with Gasteiger partial charge >= 0.3 is 0 Å². The molecule has 4 rings (SSSR count). The molecule has 118 valence electrons. The maximum Gasteiger partial charge on any atom is 0.288 e. The topological polar surface area (TPSA) is 98.1 Å². The van der Waals surface area contributed by atoms with Crippen molar-refractivity contribution >= 4 is 17.1 Å². The summed E-state index contributed by atoms with van der Waals surface area (Å²) in [5.41, 5.74) is 4.30. The molecule has 2 aromatic carbocycles. The average molecular weight is 311 g/mol. The number of aliphatic hydroxyl groups is 1. The van der Waals surface area contributed by atoms with E-state index in [1.165, 1.54) is 5.01 Å². The number of fused-ring (bicyclic) bond motifs is 3. The first-order valence-electron chi connectivity index (χ1n) is 7.05. The molecule has 2 aliphatic rings. The second-order valence-corrected chi connectivity index (χ2v) is 5.40. The summed E-state index contributed by atoms with van der Waals surface area (Å²) < 4.78 is 1.58. The van der Waals surface area contributed by atoms with Gasteiger partial charge in [-0.2, -0.15) is 0 Å². The second-order valence-electron chi connectivity index (χ2n) is 5.40. The lowest BCUT2D eigenvalue weighted by molar-refractivity contribution is -0.573. The smallest absolute Gasteiger partial charge is 0.288 e. The Balaban J connectivity index is 0.00000156. The van der Waals surface area contributed by atoms with Crippen molar-refractivity contribution in [1.29, 1.82) is 0 Å². The molecule has 7 nitrogen and oxygen atoms in total. The number of aryl methyl sites for hydroxylation is 1. The Hall–Kier alpha value is -2.74. The fraction of sp³-hybridized carbons (Fsp3) is 0.125. The van der Waals surface area contributed by atoms with Crippen LogP contribution in [0.1, 0.15) is 5.56 Å². The molecule has 0 radical (unpaired) electrons. The summed E-state index contributed by atoms with van der Waals surface area (Å²) in [7, 11) is 0. The molecule has 0 fully saturated rings. The van der Waals surface area contributed by atoms with Crippen molar-refractivity contribution in [1.82, 2.24) is 0 Å². The Bertz CT molecular complexity index is 800. The van der Waals surface area contributed by atoms with Crippen molar-refractivity contribution in [2.45, 2.75) is 13.2 Å². The number of nitrogens with zero attached hydrogens (tertiary/aromatic N) is 4. The van der Waals surface area contributed by atoms with Gasteiger partial charge in [-0.3, -0.25) is 5.01 Å². The third-order valence-corrected chi connectivity index (χ3v) is 3.88. The second kappa shape index (κ2) is 5.47. The number of aliphatic hydroxyl groups excluding tert-OH is 1. The number of anilines is 2. The van der Waals surface area contributed by atoms with E-state index in [1.54, 1.807) is 15.9 Å². The molecule has 0 amide bonds. The standard InChI is InChI=1S/C16H16N5O.H2O/c1-11-6-8-12(9-7-11)20-16(22)15-10-19(17)13-4-2-3-5-14(13)21(15)18-20;/h2-10,16,22H,17H2,1H3;1H2/q+1;/p-1. The maximum absolute atomic E-state index is 10.6. The molecule has 0 saturated carbocycles. The van der Waals surface area contributed by atoms with E-state index in [0.717, 1.165) is 22.6 Å². The van der Waals surface area contributed by atoms with Gasteiger partial charge in [-0.05, 0) is 31.2 Å². The predicted molar refractivity (Wildman–Crippen MR) is 85.1 cm³/mol. The Kier molecular flexibility index (Phi) is 3.61. The van der Waals surface area contributed by atoms with E-state index in [-0.39, 0.29) is 5.48 Å². The zero-order valence-corrected chi connectivity index (χ0v) is 12.5. The van der Waals surface area contributed by atoms with Crippen LogP contribution in [0.5, 0.6) is 0 Å². The predicted octanol–water partition coefficient (Wildman–Crippen LogP) is 2.20. The van der Waals surface area contributed by atoms with Crippen LogP contribution in [-0.4, -0.2) is 21.5 Å². The summed E-state index contributed by atoms with van der Waals surface area (Å²) in [5, 5.41) is 18.4. The van der Waals surface area contributed by atoms with Gasteiger partial charge in [0.15, 0.2) is 11.4 Å². The molecule has 0 saturated heterocycles. The molecule has 1 unspecified atom stereocenters. The van der Waals surface area contributed by atoms with E-state index in [2.05, 4.69) is 5.22 Å². The van der Waals surface area contributed by atoms with Crippen LogP contribution in [0.25, 0.3) is 0 Å². The Labute approximate surface area is 133 Å². The molecule has 2 heterocycles. The van der Waals surface area contributed by atoms with Crippen molar-refractivity contribution in [2.24, 2.45) is 11.1 Å². The van der Waals surface area contributed by atoms with Crippen LogP contribution < -0.4 is 15.9 Å². The minimum Gasteiger partial charge on any atom is -0.870 e. The molecule has 7 heteroatoms. The van der Waals surface area contributed by atoms with Crippen molar-refractivity contribution in [3.05, 3.63) is 66.0 Å². The number of hydrogen-bond donors (Lipinski definition) is 2. The van der Waals surface area contributed by atoms with Crippen LogP contribution in [0.15, 0.2) is 65.7 Å². The summed E-state index contributed by atoms with van der Waals surface area (Å²) in [6.45, 7) is 2.02. The van der Waals surface area contributed by atoms with Crippen LogP contribution >= 0.6 is 0 Å². The monoisotopic (exact) mass is 311 g/mol. The highest BCUT2D eigenvalue weighted by Gasteiger charge is 2.44. The van der Waals surface area contributed by atoms with E-state index in [1.807, 2.05) is 55.5 Å². The van der Waals surface area contributed by atoms with Gasteiger partial charge < -0.3 is 10.6 Å². The van der Waals surface area contributed by atoms with Crippen LogP contribution in [0.3, 0.4) is 0 Å². The molecular weight excluding hydrogens is 294 g/mol. The Morgan fingerprint density at radius 3 is 2.43 bits per heavy atom. The third kappa shape index (κ3) is 2.27. The first-order valence-corrected chi connectivity index (χ1v) is 7.05. The highest BCUT2D eigenvalue weighted by Crippen LogP contribution is 2.40. The van der Waals surface area contributed by atoms with Crippen molar-refractivity contribution in [2.75, 3.05) is 10.0 Å². The van der Waals surface area contributed by atoms with Gasteiger partial charge in [0, 0.05) is 0 Å². The minimum atomic E-state index is -0.873. The Morgan fingerprint density at radius 1 is 1.09 bits per heavy atom. The van der Waals surface area contributed by atoms with Gasteiger partial charge in [0.05, 0.1) is 11.4 Å². The highest BCUT2D eigenvalue weighted by molar-refractivity contribution is 5.76. The number of benzene rings is 2. The van der Waals surface area contributed by atoms with E-state index in [4.69, 9.17) is 5.84 Å². The molecule has 2 aromatic rings. The number of nitrogens with two attached hydrogens (primary N) is 1. The van der Waals surface area contributed by atoms with Crippen LogP contribution in [0, 0.1) is 6.92 Å². The summed E-state index contributed by atoms with van der Waals surface area (Å²) in [6, 6.07) is 15.5. The molecule has 2 aliphatic heterocycles. The number of para-hydroxylation sites is 2. The summed E-state index contributed by atoms with van der Waals surface area (Å²) in [4.78, 5) is 0. The number of hydrazine groups is 1. The third-order valence-electron chi connectivity index (χ3n) is 3.88. The number of hydrogen-bond acceptors (Lipinski definition) is 6. The molecule has 1 atom stereocenters. The van der Waals surface area contributed by atoms with Crippen LogP contribution in [0.2, 0.25) is 0 Å². The maximum atomic E-state index is 10.6. The molecule has 0 aromatic heterocycles. The lowest BCUT2D eigenvalue weighted by Gasteiger charge is -2.23. The summed E-state index contributed by atoms with van der Waals surface area (Å²) in [5.74, 6) is 6.03. The largest absolute Gasteiger partial charge is 0.870 e. The van der Waals surface area contributed by atoms with Gasteiger partial charge in [-0.25, -0.2) is 5.84 Å². The lowest BCUT2D eigenvalue weighted by atomic mass is 10.2. The Morgan fingerprint density at radius 2 is 1.74 bits per heavy atom. The lowest BCUT2D eigenvalue weighted by Crippen LogP contribution is -2.35. The van der Waals surface area contributed by atoms with Crippen molar-refractivity contribution < 1.29 is 15.3 Å². The van der Waals surface area contributed by atoms with E-state index >= 15 is 0 Å². The van der Waals surface area contributed by atoms with Gasteiger partial charge in [-0.15, -0.1) is 0 Å². The van der Waals surface area contributed by atoms with Crippen molar-refractivity contribution in [3.63, 3.8) is 0 Å². The quantitative estimate of drug-likeness (QED) is 0.621. The normalized spacial score (nSPS) is 18.7. The van der Waals surface area contributed by atoms with Gasteiger partial charge in [-0.1, -0.05) is 39.5 Å². The van der Waals surface area contributed by atoms with Gasteiger partial charge in [0.25, 0.3) is 6.23 Å². The molecule has 0 spiro atoms. The first kappa shape index (κ1) is 15.2. The van der Waals surface area contributed by atoms with Gasteiger partial charge in [0.1, 0.15) is 5.69 Å². The van der Waals surface area contributed by atoms with E-state index in [9.17, 15) is 5.11 Å². The fourth-order valence-electron chi connectivity index (χ4n) is 2.70. The average Bonchev–Trinajstić information content (AvgIpc) is 2.86. The zero-order valence-electron chi connectivity index (χ0n) is 12.5. The summed E-state index contributed by atoms with van der Waals surface area (Å²) >= 11 is 0. The zero-order chi connectivity index (χ0) is 15.3.